The topological polar surface area (TPSA) is 77.5 Å². The van der Waals surface area contributed by atoms with Crippen molar-refractivity contribution in [2.45, 2.75) is 44.8 Å². The Balaban J connectivity index is 1.09. The first-order chi connectivity index (χ1) is 19.9. The van der Waals surface area contributed by atoms with Crippen LogP contribution < -0.4 is 20.0 Å². The van der Waals surface area contributed by atoms with Gasteiger partial charge in [-0.2, -0.15) is 0 Å². The number of ether oxygens (including phenoxy) is 1. The highest BCUT2D eigenvalue weighted by molar-refractivity contribution is 6.07. The molecule has 1 unspecified atom stereocenters. The normalized spacial score (nSPS) is 21.3. The van der Waals surface area contributed by atoms with Crippen molar-refractivity contribution in [3.8, 4) is 16.9 Å². The molecule has 3 aromatic carbocycles. The Morgan fingerprint density at radius 2 is 1.88 bits per heavy atom. The minimum Gasteiger partial charge on any atom is -0.492 e. The number of anilines is 2. The van der Waals surface area contributed by atoms with Crippen molar-refractivity contribution in [2.24, 2.45) is 0 Å². The molecular formula is C33H38N4O4. The number of rotatable bonds is 5. The number of nitrogens with zero attached hydrogens (tertiary/aromatic N) is 3. The quantitative estimate of drug-likeness (QED) is 0.489. The molecule has 7 rings (SSSR count). The van der Waals surface area contributed by atoms with Gasteiger partial charge in [0.15, 0.2) is 0 Å². The van der Waals surface area contributed by atoms with Gasteiger partial charge < -0.3 is 19.6 Å². The number of carbonyl (C=O) groups excluding carboxylic acids is 1. The number of aryl methyl sites for hydroxylation is 1. The first-order valence-corrected chi connectivity index (χ1v) is 14.8. The van der Waals surface area contributed by atoms with Crippen LogP contribution in [0.1, 0.15) is 46.8 Å². The van der Waals surface area contributed by atoms with E-state index in [0.717, 1.165) is 72.7 Å². The van der Waals surface area contributed by atoms with E-state index in [1.165, 1.54) is 11.1 Å². The summed E-state index contributed by atoms with van der Waals surface area (Å²) in [5.41, 5.74) is 8.57. The van der Waals surface area contributed by atoms with E-state index in [4.69, 9.17) is 9.57 Å². The van der Waals surface area contributed by atoms with E-state index in [2.05, 4.69) is 47.5 Å². The lowest BCUT2D eigenvalue weighted by Crippen LogP contribution is -2.44. The molecule has 8 nitrogen and oxygen atoms in total. The lowest BCUT2D eigenvalue weighted by atomic mass is 9.74. The van der Waals surface area contributed by atoms with E-state index in [-0.39, 0.29) is 24.2 Å². The molecular weight excluding hydrogens is 516 g/mol. The van der Waals surface area contributed by atoms with Crippen LogP contribution in [0.15, 0.2) is 54.6 Å². The first-order valence-electron chi connectivity index (χ1n) is 14.8. The molecule has 8 heteroatoms. The Morgan fingerprint density at radius 1 is 1.07 bits per heavy atom. The maximum Gasteiger partial charge on any atom is 0.258 e. The molecule has 0 aliphatic carbocycles. The van der Waals surface area contributed by atoms with Gasteiger partial charge in [-0.3, -0.25) is 14.9 Å². The molecule has 2 N–H and O–H groups in total. The molecule has 4 aliphatic heterocycles. The van der Waals surface area contributed by atoms with Gasteiger partial charge in [0.05, 0.1) is 25.6 Å². The number of hydroxylamine groups is 1. The summed E-state index contributed by atoms with van der Waals surface area (Å²) < 4.78 is 6.21. The number of benzene rings is 3. The highest BCUT2D eigenvalue weighted by atomic mass is 16.7. The third-order valence-corrected chi connectivity index (χ3v) is 9.37. The molecule has 3 aromatic rings. The number of nitrogens with one attached hydrogen (secondary N) is 1. The number of fused-ring (bicyclic) bond motifs is 3. The minimum atomic E-state index is -0.00164. The molecule has 1 amide bonds. The van der Waals surface area contributed by atoms with Crippen molar-refractivity contribution in [1.29, 1.82) is 0 Å². The molecule has 0 aromatic heterocycles. The number of β-amino-alcohol motifs (C(OH)–C–C–N with tert-alkyl or cyclic N) is 1. The van der Waals surface area contributed by atoms with Crippen LogP contribution in [0, 0.1) is 6.92 Å². The summed E-state index contributed by atoms with van der Waals surface area (Å²) in [6, 6.07) is 18.8. The number of aliphatic hydroxyl groups excluding tert-OH is 1. The van der Waals surface area contributed by atoms with Crippen LogP contribution in [0.2, 0.25) is 0 Å². The molecule has 0 saturated carbocycles. The van der Waals surface area contributed by atoms with Crippen LogP contribution >= 0.6 is 0 Å². The van der Waals surface area contributed by atoms with Gasteiger partial charge in [-0.25, -0.2) is 5.06 Å². The fourth-order valence-electron chi connectivity index (χ4n) is 6.92. The summed E-state index contributed by atoms with van der Waals surface area (Å²) in [5.74, 6) is 1.03. The summed E-state index contributed by atoms with van der Waals surface area (Å²) in [6.07, 6.45) is 2.87. The van der Waals surface area contributed by atoms with Crippen LogP contribution in [0.3, 0.4) is 0 Å². The number of carbonyl (C=O) groups is 1. The van der Waals surface area contributed by atoms with Crippen LogP contribution in [0.25, 0.3) is 11.1 Å². The van der Waals surface area contributed by atoms with Gasteiger partial charge in [0.25, 0.3) is 5.91 Å². The maximum atomic E-state index is 13.8. The van der Waals surface area contributed by atoms with Crippen molar-refractivity contribution >= 4 is 17.3 Å². The molecule has 1 atom stereocenters. The number of piperidine rings is 1. The standard InChI is InChI=1S/C33H38N4O4/c1-22-17-27(37-21-34-23(2)41-37)7-8-28(22)24-3-5-25(6-4-24)32(39)36-12-9-26-18-31-29(19-30(26)36)33(20-40-31)10-13-35(14-11-33)15-16-38/h3-8,17-19,23,34,38H,9-16,20-21H2,1-2H3. The number of hydrogen-bond donors (Lipinski definition) is 2. The van der Waals surface area contributed by atoms with Crippen molar-refractivity contribution in [3.05, 3.63) is 76.9 Å². The Kier molecular flexibility index (Phi) is 6.74. The largest absolute Gasteiger partial charge is 0.492 e. The molecule has 41 heavy (non-hydrogen) atoms. The maximum absolute atomic E-state index is 13.8. The average Bonchev–Trinajstić information content (AvgIpc) is 3.70. The zero-order chi connectivity index (χ0) is 28.1. The summed E-state index contributed by atoms with van der Waals surface area (Å²) in [7, 11) is 0. The predicted octanol–water partition coefficient (Wildman–Crippen LogP) is 4.23. The third-order valence-electron chi connectivity index (χ3n) is 9.37. The van der Waals surface area contributed by atoms with E-state index >= 15 is 0 Å². The van der Waals surface area contributed by atoms with Crippen LogP contribution in [0.4, 0.5) is 11.4 Å². The SMILES string of the molecule is Cc1cc(N2CNC(C)O2)ccc1-c1ccc(C(=O)N2CCc3cc4c(cc32)C2(CCN(CCO)CC2)CO4)cc1. The summed E-state index contributed by atoms with van der Waals surface area (Å²) in [6.45, 7) is 8.99. The molecule has 214 valence electrons. The Morgan fingerprint density at radius 3 is 2.59 bits per heavy atom. The van der Waals surface area contributed by atoms with Gasteiger partial charge in [0.1, 0.15) is 12.0 Å². The highest BCUT2D eigenvalue weighted by Crippen LogP contribution is 2.49. The monoisotopic (exact) mass is 554 g/mol. The molecule has 2 fully saturated rings. The second-order valence-electron chi connectivity index (χ2n) is 11.9. The van der Waals surface area contributed by atoms with Crippen molar-refractivity contribution in [3.63, 3.8) is 0 Å². The lowest BCUT2D eigenvalue weighted by molar-refractivity contribution is 0.0925. The van der Waals surface area contributed by atoms with E-state index in [1.54, 1.807) is 0 Å². The Hall–Kier alpha value is -3.43. The number of hydrogen-bond acceptors (Lipinski definition) is 7. The smallest absolute Gasteiger partial charge is 0.258 e. The second-order valence-corrected chi connectivity index (χ2v) is 11.9. The summed E-state index contributed by atoms with van der Waals surface area (Å²) in [5, 5.41) is 14.5. The van der Waals surface area contributed by atoms with Gasteiger partial charge in [-0.1, -0.05) is 18.2 Å². The van der Waals surface area contributed by atoms with Crippen LogP contribution in [-0.4, -0.2) is 68.2 Å². The van der Waals surface area contributed by atoms with Crippen LogP contribution in [0.5, 0.6) is 5.75 Å². The Labute approximate surface area is 241 Å². The van der Waals surface area contributed by atoms with Gasteiger partial charge >= 0.3 is 0 Å². The van der Waals surface area contributed by atoms with Gasteiger partial charge in [-0.05, 0) is 105 Å². The molecule has 4 aliphatic rings. The number of aliphatic hydroxyl groups is 1. The van der Waals surface area contributed by atoms with Crippen molar-refractivity contribution < 1.29 is 19.5 Å². The molecule has 1 spiro atoms. The lowest BCUT2D eigenvalue weighted by Gasteiger charge is -2.38. The van der Waals surface area contributed by atoms with E-state index in [0.29, 0.717) is 25.4 Å². The van der Waals surface area contributed by atoms with Crippen LogP contribution in [-0.2, 0) is 16.7 Å². The zero-order valence-corrected chi connectivity index (χ0v) is 23.9. The average molecular weight is 555 g/mol. The van der Waals surface area contributed by atoms with Gasteiger partial charge in [0, 0.05) is 35.3 Å². The first kappa shape index (κ1) is 26.5. The highest BCUT2D eigenvalue weighted by Gasteiger charge is 2.44. The Bertz CT molecular complexity index is 1460. The van der Waals surface area contributed by atoms with E-state index in [9.17, 15) is 9.90 Å². The third kappa shape index (κ3) is 4.69. The molecule has 4 heterocycles. The summed E-state index contributed by atoms with van der Waals surface area (Å²) >= 11 is 0. The number of likely N-dealkylation sites (tertiary alicyclic amines) is 1. The zero-order valence-electron chi connectivity index (χ0n) is 23.9. The minimum absolute atomic E-state index is 0.00164. The van der Waals surface area contributed by atoms with E-state index in [1.807, 2.05) is 41.2 Å². The molecule has 0 bridgehead atoms. The van der Waals surface area contributed by atoms with Gasteiger partial charge in [0.2, 0.25) is 0 Å². The predicted molar refractivity (Wildman–Crippen MR) is 159 cm³/mol. The number of amides is 1. The molecule has 2 saturated heterocycles. The molecule has 0 radical (unpaired) electrons. The van der Waals surface area contributed by atoms with Crippen molar-refractivity contribution in [2.75, 3.05) is 56.0 Å². The van der Waals surface area contributed by atoms with Crippen molar-refractivity contribution in [1.82, 2.24) is 10.2 Å². The fourth-order valence-corrected chi connectivity index (χ4v) is 6.92. The van der Waals surface area contributed by atoms with Gasteiger partial charge in [-0.15, -0.1) is 0 Å². The second kappa shape index (κ2) is 10.4. The van der Waals surface area contributed by atoms with E-state index < -0.39 is 0 Å². The fraction of sp³-hybridized carbons (Fsp3) is 0.424. The summed E-state index contributed by atoms with van der Waals surface area (Å²) in [4.78, 5) is 23.8.